The van der Waals surface area contributed by atoms with E-state index in [1.807, 2.05) is 78.9 Å². The third-order valence-corrected chi connectivity index (χ3v) is 17.9. The van der Waals surface area contributed by atoms with Crippen molar-refractivity contribution in [3.63, 3.8) is 0 Å². The van der Waals surface area contributed by atoms with Crippen LogP contribution in [0.1, 0.15) is 74.8 Å². The van der Waals surface area contributed by atoms with E-state index in [0.717, 1.165) is 99.2 Å². The average Bonchev–Trinajstić information content (AvgIpc) is 1.90. The van der Waals surface area contributed by atoms with E-state index in [2.05, 4.69) is 169 Å². The molecule has 0 radical (unpaired) electrons. The Hall–Kier alpha value is -9.44. The molecule has 0 amide bonds. The van der Waals surface area contributed by atoms with Crippen molar-refractivity contribution in [3.8, 4) is 16.9 Å². The summed E-state index contributed by atoms with van der Waals surface area (Å²) in [5.41, 5.74) is 10.3. The van der Waals surface area contributed by atoms with Gasteiger partial charge in [0.1, 0.15) is 30.6 Å². The summed E-state index contributed by atoms with van der Waals surface area (Å²) >= 11 is 3.32. The first-order chi connectivity index (χ1) is 42.4. The quantitative estimate of drug-likeness (QED) is 0.0520. The molecule has 1 aliphatic carbocycles. The number of fused-ring (bicyclic) bond motifs is 2. The third-order valence-electron chi connectivity index (χ3n) is 15.2. The monoisotopic (exact) mass is 1190 g/mol. The minimum atomic E-state index is -0.356. The van der Waals surface area contributed by atoms with E-state index < -0.39 is 0 Å². The van der Waals surface area contributed by atoms with Gasteiger partial charge in [-0.25, -0.2) is 9.97 Å². The highest BCUT2D eigenvalue weighted by Gasteiger charge is 2.31. The third kappa shape index (κ3) is 14.5. The Morgan fingerprint density at radius 3 is 2.00 bits per heavy atom. The number of nitrogens with zero attached hydrogens (tertiary/aromatic N) is 5. The van der Waals surface area contributed by atoms with Gasteiger partial charge < -0.3 is 35.1 Å². The van der Waals surface area contributed by atoms with Gasteiger partial charge >= 0.3 is 11.9 Å². The number of allylic oxidation sites excluding steroid dienone is 3. The number of hydrogen-bond acceptors (Lipinski definition) is 15. The topological polar surface area (TPSA) is 153 Å². The molecule has 1 atom stereocenters. The molecule has 8 aromatic carbocycles. The van der Waals surface area contributed by atoms with Crippen LogP contribution in [-0.2, 0) is 45.4 Å². The Labute approximate surface area is 516 Å². The van der Waals surface area contributed by atoms with E-state index in [0.29, 0.717) is 37.3 Å². The zero-order valence-corrected chi connectivity index (χ0v) is 51.2. The summed E-state index contributed by atoms with van der Waals surface area (Å²) in [5.74, 6) is 2.80. The van der Waals surface area contributed by atoms with Gasteiger partial charge in [-0.15, -0.1) is 0 Å². The molecule has 13 nitrogen and oxygen atoms in total. The Balaban J connectivity index is 0.896. The molecule has 0 bridgehead atoms. The number of anilines is 6. The van der Waals surface area contributed by atoms with Crippen LogP contribution < -0.4 is 25.6 Å². The van der Waals surface area contributed by atoms with E-state index in [9.17, 15) is 9.59 Å². The summed E-state index contributed by atoms with van der Waals surface area (Å²) in [7, 11) is 1.67. The van der Waals surface area contributed by atoms with Crippen molar-refractivity contribution in [1.82, 2.24) is 19.9 Å². The lowest BCUT2D eigenvalue weighted by molar-refractivity contribution is -0.143. The SMILES string of the molecule is COc1ccc(N(Cc2ccccc2)c2nc(NCc3ccccc3Sc3cc(-c4ccc5nc(NCC6(C)CC=CC=C6Sc6ccccc6COC(C)=O)nc(Nc6ccccc6C(C)C)c5c4)ccc3COC(C)=O)nc3ccccc23)cc1. The molecule has 11 rings (SSSR count). The van der Waals surface area contributed by atoms with Crippen LogP contribution in [0.2, 0.25) is 0 Å². The number of hydrogen-bond donors (Lipinski definition) is 3. The molecule has 1 unspecified atom stereocenters. The molecule has 0 saturated heterocycles. The standard InChI is InChI=1S/C72H68N8O5S2/c1-47(2)58-24-12-14-26-61(58)75-68-60-40-51(33-38-63(60)77-71(78-68)74-46-72(5)39-19-18-30-67(72)87-65-29-17-11-23-54(65)44-84-48(3)81)52-31-32-55(45-85-49(4)82)66(41-52)86-64-28-16-10-22-53(64)42-73-70-76-62-27-15-13-25-59(62)69(79-70)80(43-50-20-8-7-9-21-50)56-34-36-57(83-6)37-35-56/h7-38,40-41,47H,39,42-46H2,1-6H3,(H,73,76,79)(H2,74,75,77,78). The Kier molecular flexibility index (Phi) is 18.6. The van der Waals surface area contributed by atoms with Gasteiger partial charge in [0.2, 0.25) is 11.9 Å². The molecule has 3 N–H and O–H groups in total. The lowest BCUT2D eigenvalue weighted by atomic mass is 9.83. The number of carbonyl (C=O) groups is 2. The van der Waals surface area contributed by atoms with Crippen LogP contribution in [0.15, 0.2) is 226 Å². The number of nitrogens with one attached hydrogen (secondary N) is 3. The van der Waals surface area contributed by atoms with Crippen LogP contribution in [0, 0.1) is 5.41 Å². The molecule has 2 aromatic heterocycles. The summed E-state index contributed by atoms with van der Waals surface area (Å²) in [4.78, 5) is 51.2. The molecule has 87 heavy (non-hydrogen) atoms. The van der Waals surface area contributed by atoms with Crippen molar-refractivity contribution in [2.45, 2.75) is 87.9 Å². The van der Waals surface area contributed by atoms with E-state index >= 15 is 0 Å². The highest BCUT2D eigenvalue weighted by Crippen LogP contribution is 2.46. The number of carbonyl (C=O) groups excluding carboxylic acids is 2. The van der Waals surface area contributed by atoms with Crippen molar-refractivity contribution >= 4 is 92.2 Å². The molecule has 0 spiro atoms. The molecule has 10 aromatic rings. The number of benzene rings is 8. The minimum Gasteiger partial charge on any atom is -0.497 e. The summed E-state index contributed by atoms with van der Waals surface area (Å²) in [6.07, 6.45) is 7.28. The van der Waals surface area contributed by atoms with Gasteiger partial charge in [-0.05, 0) is 118 Å². The van der Waals surface area contributed by atoms with Crippen LogP contribution >= 0.6 is 23.5 Å². The van der Waals surface area contributed by atoms with E-state index in [-0.39, 0.29) is 36.5 Å². The zero-order valence-electron chi connectivity index (χ0n) is 49.5. The maximum Gasteiger partial charge on any atom is 0.302 e. The first-order valence-corrected chi connectivity index (χ1v) is 30.7. The number of ether oxygens (including phenoxy) is 3. The summed E-state index contributed by atoms with van der Waals surface area (Å²) in [6, 6.07) is 63.8. The fraction of sp³-hybridized carbons (Fsp3) is 0.194. The lowest BCUT2D eigenvalue weighted by Crippen LogP contribution is -2.29. The largest absolute Gasteiger partial charge is 0.497 e. The Morgan fingerprint density at radius 1 is 0.621 bits per heavy atom. The molecule has 15 heteroatoms. The second-order valence-electron chi connectivity index (χ2n) is 21.9. The molecule has 1 aliphatic rings. The van der Waals surface area contributed by atoms with Crippen molar-refractivity contribution in [3.05, 3.63) is 239 Å². The molecular weight excluding hydrogens is 1120 g/mol. The Bertz CT molecular complexity index is 4180. The van der Waals surface area contributed by atoms with Crippen molar-refractivity contribution in [1.29, 1.82) is 0 Å². The lowest BCUT2D eigenvalue weighted by Gasteiger charge is -2.33. The van der Waals surface area contributed by atoms with Gasteiger partial charge in [-0.3, -0.25) is 9.59 Å². The van der Waals surface area contributed by atoms with Crippen LogP contribution in [0.4, 0.5) is 34.9 Å². The van der Waals surface area contributed by atoms with Gasteiger partial charge in [0.25, 0.3) is 0 Å². The fourth-order valence-electron chi connectivity index (χ4n) is 10.5. The molecule has 0 fully saturated rings. The Morgan fingerprint density at radius 2 is 1.25 bits per heavy atom. The van der Waals surface area contributed by atoms with E-state index in [1.54, 1.807) is 30.6 Å². The smallest absolute Gasteiger partial charge is 0.302 e. The van der Waals surface area contributed by atoms with Crippen molar-refractivity contribution in [2.24, 2.45) is 5.41 Å². The summed E-state index contributed by atoms with van der Waals surface area (Å²) in [5, 5.41) is 12.8. The van der Waals surface area contributed by atoms with Gasteiger partial charge in [-0.1, -0.05) is 178 Å². The first-order valence-electron chi connectivity index (χ1n) is 29.0. The number of para-hydroxylation sites is 2. The van der Waals surface area contributed by atoms with Gasteiger partial charge in [0, 0.05) is 86.9 Å². The van der Waals surface area contributed by atoms with Crippen molar-refractivity contribution in [2.75, 3.05) is 34.5 Å². The number of aromatic nitrogens is 4. The molecule has 0 saturated carbocycles. The van der Waals surface area contributed by atoms with Crippen LogP contribution in [0.5, 0.6) is 5.75 Å². The number of esters is 2. The van der Waals surface area contributed by atoms with Crippen LogP contribution in [-0.4, -0.2) is 45.5 Å². The predicted octanol–water partition coefficient (Wildman–Crippen LogP) is 17.4. The number of methoxy groups -OCH3 is 1. The second kappa shape index (κ2) is 27.3. The summed E-state index contributed by atoms with van der Waals surface area (Å²) in [6.45, 7) is 11.4. The summed E-state index contributed by atoms with van der Waals surface area (Å²) < 4.78 is 16.6. The highest BCUT2D eigenvalue weighted by atomic mass is 32.2. The van der Waals surface area contributed by atoms with Crippen LogP contribution in [0.25, 0.3) is 32.9 Å². The van der Waals surface area contributed by atoms with E-state index in [4.69, 9.17) is 34.1 Å². The van der Waals surface area contributed by atoms with E-state index in [1.165, 1.54) is 24.3 Å². The molecule has 0 aliphatic heterocycles. The first kappa shape index (κ1) is 59.3. The van der Waals surface area contributed by atoms with Gasteiger partial charge in [-0.2, -0.15) is 9.97 Å². The normalized spacial score (nSPS) is 13.7. The number of thioether (sulfide) groups is 1. The average molecular weight is 1190 g/mol. The predicted molar refractivity (Wildman–Crippen MR) is 353 cm³/mol. The zero-order chi connectivity index (χ0) is 60.3. The minimum absolute atomic E-state index is 0.110. The van der Waals surface area contributed by atoms with Gasteiger partial charge in [0.15, 0.2) is 0 Å². The fourth-order valence-corrected chi connectivity index (χ4v) is 12.7. The highest BCUT2D eigenvalue weighted by molar-refractivity contribution is 8.03. The molecule has 438 valence electrons. The van der Waals surface area contributed by atoms with Gasteiger partial charge in [0.05, 0.1) is 18.1 Å². The maximum absolute atomic E-state index is 12.3. The second-order valence-corrected chi connectivity index (χ2v) is 24.1. The van der Waals surface area contributed by atoms with Crippen molar-refractivity contribution < 1.29 is 23.8 Å². The molecule has 2 heterocycles. The maximum atomic E-state index is 12.3. The molecular formula is C72H68N8O5S2. The van der Waals surface area contributed by atoms with Crippen LogP contribution in [0.3, 0.4) is 0 Å². The number of rotatable bonds is 23.